The van der Waals surface area contributed by atoms with Gasteiger partial charge in [-0.15, -0.1) is 0 Å². The average Bonchev–Trinajstić information content (AvgIpc) is 2.56. The van der Waals surface area contributed by atoms with Gasteiger partial charge in [-0.05, 0) is 6.92 Å². The highest BCUT2D eigenvalue weighted by molar-refractivity contribution is 5.87. The van der Waals surface area contributed by atoms with Crippen LogP contribution < -0.4 is 0 Å². The molecule has 0 bridgehead atoms. The van der Waals surface area contributed by atoms with Crippen molar-refractivity contribution in [3.05, 3.63) is 12.2 Å². The topological polar surface area (TPSA) is 26.3 Å². The first-order chi connectivity index (χ1) is 14.3. The largest absolute Gasteiger partial charge is 0.460 e. The van der Waals surface area contributed by atoms with Crippen molar-refractivity contribution in [2.45, 2.75) is 60.7 Å². The Morgan fingerprint density at radius 2 is 0.853 bits per heavy atom. The lowest BCUT2D eigenvalue weighted by atomic mass is 9.80. The summed E-state index contributed by atoms with van der Waals surface area (Å²) in [7, 11) is 0. The molecule has 0 aromatic carbocycles. The molecule has 0 rings (SSSR count). The quantitative estimate of drug-likeness (QED) is 0.199. The van der Waals surface area contributed by atoms with Gasteiger partial charge in [-0.2, -0.15) is 79.0 Å². The van der Waals surface area contributed by atoms with E-state index in [0.29, 0.717) is 0 Å². The van der Waals surface area contributed by atoms with E-state index < -0.39 is 65.3 Å². The minimum atomic E-state index is -8.97. The van der Waals surface area contributed by atoms with Crippen molar-refractivity contribution in [3.63, 3.8) is 0 Å². The van der Waals surface area contributed by atoms with E-state index in [4.69, 9.17) is 0 Å². The van der Waals surface area contributed by atoms with Crippen LogP contribution in [-0.2, 0) is 9.53 Å². The molecule has 0 amide bonds. The predicted octanol–water partition coefficient (Wildman–Crippen LogP) is 6.71. The van der Waals surface area contributed by atoms with Crippen LogP contribution in [0.25, 0.3) is 0 Å². The molecular formula is C13H5F19O2. The number of hydrogen-bond acceptors (Lipinski definition) is 2. The summed E-state index contributed by atoms with van der Waals surface area (Å²) in [6.07, 6.45) is -24.7. The minimum Gasteiger partial charge on any atom is -0.415 e. The van der Waals surface area contributed by atoms with Crippen molar-refractivity contribution in [2.75, 3.05) is 0 Å². The molecule has 0 aliphatic rings. The van der Waals surface area contributed by atoms with E-state index >= 15 is 0 Å². The standard InChI is InChI=1S/C13H5F19O2/c1-3(2)4(33)34-10(23,5(14,11(24,25)26)6(15,16)12(27,28)29)8(19,20)7(17,18)9(21,22)13(30,31)32/h1H2,2H3. The van der Waals surface area contributed by atoms with E-state index in [0.717, 1.165) is 0 Å². The number of carbonyl (C=O) groups excluding carboxylic acids is 1. The first-order valence-electron chi connectivity index (χ1n) is 7.31. The summed E-state index contributed by atoms with van der Waals surface area (Å²) in [4.78, 5) is 11.1. The average molecular weight is 554 g/mol. The van der Waals surface area contributed by atoms with E-state index in [9.17, 15) is 88.2 Å². The molecule has 0 heterocycles. The zero-order chi connectivity index (χ0) is 28.4. The smallest absolute Gasteiger partial charge is 0.415 e. The number of alkyl halides is 19. The lowest BCUT2D eigenvalue weighted by molar-refractivity contribution is -0.491. The first-order valence-corrected chi connectivity index (χ1v) is 7.31. The van der Waals surface area contributed by atoms with Crippen LogP contribution >= 0.6 is 0 Å². The number of hydrogen-bond donors (Lipinski definition) is 0. The van der Waals surface area contributed by atoms with E-state index in [1.54, 1.807) is 0 Å². The second-order valence-corrected chi connectivity index (χ2v) is 6.21. The lowest BCUT2D eigenvalue weighted by Crippen LogP contribution is -2.81. The molecule has 202 valence electrons. The van der Waals surface area contributed by atoms with Crippen LogP contribution in [0.4, 0.5) is 83.4 Å². The van der Waals surface area contributed by atoms with Crippen molar-refractivity contribution in [3.8, 4) is 0 Å². The molecule has 0 aromatic heterocycles. The maximum absolute atomic E-state index is 14.7. The fourth-order valence-electron chi connectivity index (χ4n) is 1.90. The molecule has 0 saturated heterocycles. The molecule has 0 saturated carbocycles. The van der Waals surface area contributed by atoms with Gasteiger partial charge in [0.05, 0.1) is 0 Å². The molecule has 0 aliphatic carbocycles. The van der Waals surface area contributed by atoms with Crippen LogP contribution in [-0.4, -0.2) is 59.7 Å². The van der Waals surface area contributed by atoms with Gasteiger partial charge in [0.15, 0.2) is 0 Å². The van der Waals surface area contributed by atoms with Gasteiger partial charge in [0.25, 0.3) is 0 Å². The highest BCUT2D eigenvalue weighted by Crippen LogP contribution is 2.67. The van der Waals surface area contributed by atoms with E-state index in [1.807, 2.05) is 0 Å². The highest BCUT2D eigenvalue weighted by atomic mass is 19.4. The molecule has 0 spiro atoms. The second-order valence-electron chi connectivity index (χ2n) is 6.21. The molecule has 2 atom stereocenters. The third-order valence-corrected chi connectivity index (χ3v) is 3.75. The monoisotopic (exact) mass is 554 g/mol. The number of ether oxygens (including phenoxy) is 1. The van der Waals surface area contributed by atoms with Crippen molar-refractivity contribution >= 4 is 5.97 Å². The predicted molar refractivity (Wildman–Crippen MR) is 66.5 cm³/mol. The Hall–Kier alpha value is -2.12. The maximum atomic E-state index is 14.7. The molecule has 34 heavy (non-hydrogen) atoms. The Kier molecular flexibility index (Phi) is 7.46. The molecule has 0 aromatic rings. The number of rotatable bonds is 7. The molecule has 2 nitrogen and oxygen atoms in total. The van der Waals surface area contributed by atoms with Gasteiger partial charge in [-0.1, -0.05) is 6.58 Å². The fraction of sp³-hybridized carbons (Fsp3) is 0.769. The molecule has 0 radical (unpaired) electrons. The summed E-state index contributed by atoms with van der Waals surface area (Å²) in [5.74, 6) is -47.0. The second kappa shape index (κ2) is 7.95. The van der Waals surface area contributed by atoms with Crippen LogP contribution in [0.1, 0.15) is 6.92 Å². The van der Waals surface area contributed by atoms with E-state index in [2.05, 4.69) is 11.3 Å². The van der Waals surface area contributed by atoms with Gasteiger partial charge in [-0.3, -0.25) is 0 Å². The number of halogens is 19. The lowest BCUT2D eigenvalue weighted by Gasteiger charge is -2.48. The summed E-state index contributed by atoms with van der Waals surface area (Å²) in [5, 5.41) is 0. The van der Waals surface area contributed by atoms with Crippen LogP contribution in [0.3, 0.4) is 0 Å². The minimum absolute atomic E-state index is 0.0127. The van der Waals surface area contributed by atoms with Crippen LogP contribution in [0, 0.1) is 0 Å². The highest BCUT2D eigenvalue weighted by Gasteiger charge is 3.00. The Labute approximate surface area is 173 Å². The van der Waals surface area contributed by atoms with Gasteiger partial charge >= 0.3 is 59.7 Å². The third-order valence-electron chi connectivity index (χ3n) is 3.75. The third kappa shape index (κ3) is 4.01. The Morgan fingerprint density at radius 3 is 1.09 bits per heavy atom. The molecule has 0 aliphatic heterocycles. The van der Waals surface area contributed by atoms with Crippen LogP contribution in [0.5, 0.6) is 0 Å². The Balaban J connectivity index is 7.92. The van der Waals surface area contributed by atoms with Crippen molar-refractivity contribution in [2.24, 2.45) is 0 Å². The summed E-state index contributed by atoms with van der Waals surface area (Å²) in [6.45, 7) is 2.22. The molecule has 2 unspecified atom stereocenters. The van der Waals surface area contributed by atoms with E-state index in [1.165, 1.54) is 0 Å². The number of carbonyl (C=O) groups is 1. The first kappa shape index (κ1) is 31.9. The zero-order valence-electron chi connectivity index (χ0n) is 15.2. The maximum Gasteiger partial charge on any atom is 0.460 e. The summed E-state index contributed by atoms with van der Waals surface area (Å²) >= 11 is 0. The zero-order valence-corrected chi connectivity index (χ0v) is 15.2. The van der Waals surface area contributed by atoms with Crippen molar-refractivity contribution < 1.29 is 92.9 Å². The summed E-state index contributed by atoms with van der Waals surface area (Å²) in [6, 6.07) is 0. The molecular weight excluding hydrogens is 549 g/mol. The Morgan fingerprint density at radius 1 is 0.529 bits per heavy atom. The van der Waals surface area contributed by atoms with Gasteiger partial charge in [0.1, 0.15) is 0 Å². The summed E-state index contributed by atoms with van der Waals surface area (Å²) < 4.78 is 251. The van der Waals surface area contributed by atoms with Gasteiger partial charge in [-0.25, -0.2) is 9.18 Å². The van der Waals surface area contributed by atoms with Gasteiger partial charge < -0.3 is 4.74 Å². The molecule has 0 fully saturated rings. The van der Waals surface area contributed by atoms with Crippen LogP contribution in [0.15, 0.2) is 12.2 Å². The Bertz CT molecular complexity index is 802. The molecule has 0 N–H and O–H groups in total. The van der Waals surface area contributed by atoms with E-state index in [-0.39, 0.29) is 6.92 Å². The summed E-state index contributed by atoms with van der Waals surface area (Å²) in [5.41, 5.74) is -10.8. The molecule has 21 heteroatoms. The number of esters is 1. The fourth-order valence-corrected chi connectivity index (χ4v) is 1.90. The normalized spacial score (nSPS) is 18.7. The van der Waals surface area contributed by atoms with Crippen molar-refractivity contribution in [1.82, 2.24) is 0 Å². The van der Waals surface area contributed by atoms with Gasteiger partial charge in [0.2, 0.25) is 0 Å². The van der Waals surface area contributed by atoms with Crippen molar-refractivity contribution in [1.29, 1.82) is 0 Å². The SMILES string of the molecule is C=C(C)C(=O)OC(F)(C(F)(F)C(F)(F)C(F)(F)C(F)(F)F)C(F)(C(F)(F)F)C(F)(F)C(F)(F)F. The van der Waals surface area contributed by atoms with Crippen LogP contribution in [0.2, 0.25) is 0 Å². The van der Waals surface area contributed by atoms with Gasteiger partial charge in [0, 0.05) is 5.57 Å².